The second-order valence-corrected chi connectivity index (χ2v) is 7.07. The Morgan fingerprint density at radius 3 is 2.73 bits per heavy atom. The molecule has 0 spiro atoms. The predicted molar refractivity (Wildman–Crippen MR) is 94.9 cm³/mol. The summed E-state index contributed by atoms with van der Waals surface area (Å²) in [6, 6.07) is 11.9. The number of carbonyl (C=O) groups excluding carboxylic acids is 1. The summed E-state index contributed by atoms with van der Waals surface area (Å²) in [5.41, 5.74) is 2.04. The molecule has 1 aliphatic carbocycles. The molecule has 1 saturated carbocycles. The minimum Gasteiger partial charge on any atom is -0.326 e. The third-order valence-corrected chi connectivity index (χ3v) is 4.63. The standard InChI is InChI=1S/C16H17ClN2OS.ClH/c17-15-7-6-14(21-15)10-18-9-11-2-1-3-13(8-11)19-16(20)12-4-5-12;/h1-3,6-8,12,18H,4-5,9-10H2,(H,19,20);1H. The van der Waals surface area contributed by atoms with Gasteiger partial charge in [0.15, 0.2) is 0 Å². The van der Waals surface area contributed by atoms with E-state index in [-0.39, 0.29) is 24.2 Å². The number of amides is 1. The van der Waals surface area contributed by atoms with Crippen LogP contribution in [0.3, 0.4) is 0 Å². The molecule has 0 atom stereocenters. The molecule has 3 nitrogen and oxygen atoms in total. The number of benzene rings is 1. The Morgan fingerprint density at radius 2 is 2.05 bits per heavy atom. The van der Waals surface area contributed by atoms with Crippen molar-refractivity contribution in [2.75, 3.05) is 5.32 Å². The molecule has 2 N–H and O–H groups in total. The molecule has 1 aromatic heterocycles. The fourth-order valence-electron chi connectivity index (χ4n) is 2.13. The third kappa shape index (κ3) is 4.99. The van der Waals surface area contributed by atoms with E-state index in [2.05, 4.69) is 16.7 Å². The molecule has 1 aromatic carbocycles. The summed E-state index contributed by atoms with van der Waals surface area (Å²) in [6.07, 6.45) is 2.05. The van der Waals surface area contributed by atoms with Crippen LogP contribution >= 0.6 is 35.3 Å². The fourth-order valence-corrected chi connectivity index (χ4v) is 3.18. The van der Waals surface area contributed by atoms with E-state index in [0.717, 1.165) is 41.5 Å². The highest BCUT2D eigenvalue weighted by molar-refractivity contribution is 7.16. The lowest BCUT2D eigenvalue weighted by molar-refractivity contribution is -0.117. The molecular weight excluding hydrogens is 339 g/mol. The molecule has 0 aliphatic heterocycles. The van der Waals surface area contributed by atoms with Crippen LogP contribution in [0.15, 0.2) is 36.4 Å². The highest BCUT2D eigenvalue weighted by atomic mass is 35.5. The highest BCUT2D eigenvalue weighted by Gasteiger charge is 2.29. The first kappa shape index (κ1) is 17.3. The van der Waals surface area contributed by atoms with Gasteiger partial charge >= 0.3 is 0 Å². The number of carbonyl (C=O) groups is 1. The summed E-state index contributed by atoms with van der Waals surface area (Å²) in [4.78, 5) is 13.0. The molecule has 0 bridgehead atoms. The Morgan fingerprint density at radius 1 is 1.23 bits per heavy atom. The first-order chi connectivity index (χ1) is 10.2. The SMILES string of the molecule is Cl.O=C(Nc1cccc(CNCc2ccc(Cl)s2)c1)C1CC1. The van der Waals surface area contributed by atoms with Crippen molar-refractivity contribution in [1.29, 1.82) is 0 Å². The van der Waals surface area contributed by atoms with Crippen LogP contribution in [0, 0.1) is 5.92 Å². The van der Waals surface area contributed by atoms with Crippen molar-refractivity contribution in [2.45, 2.75) is 25.9 Å². The number of rotatable bonds is 6. The van der Waals surface area contributed by atoms with Crippen molar-refractivity contribution in [3.05, 3.63) is 51.2 Å². The number of halogens is 2. The summed E-state index contributed by atoms with van der Waals surface area (Å²) in [6.45, 7) is 1.57. The number of nitrogens with one attached hydrogen (secondary N) is 2. The smallest absolute Gasteiger partial charge is 0.227 e. The van der Waals surface area contributed by atoms with Gasteiger partial charge in [-0.05, 0) is 42.7 Å². The predicted octanol–water partition coefficient (Wildman–Crippen LogP) is 4.46. The van der Waals surface area contributed by atoms with Gasteiger partial charge in [0, 0.05) is 29.6 Å². The van der Waals surface area contributed by atoms with Gasteiger partial charge in [-0.2, -0.15) is 0 Å². The van der Waals surface area contributed by atoms with Gasteiger partial charge in [0.2, 0.25) is 5.91 Å². The van der Waals surface area contributed by atoms with Crippen molar-refractivity contribution in [3.8, 4) is 0 Å². The lowest BCUT2D eigenvalue weighted by Gasteiger charge is -2.08. The van der Waals surface area contributed by atoms with Crippen LogP contribution < -0.4 is 10.6 Å². The van der Waals surface area contributed by atoms with E-state index in [1.165, 1.54) is 4.88 Å². The van der Waals surface area contributed by atoms with Gasteiger partial charge in [0.25, 0.3) is 0 Å². The number of thiophene rings is 1. The average molecular weight is 357 g/mol. The molecule has 1 amide bonds. The molecule has 1 fully saturated rings. The quantitative estimate of drug-likeness (QED) is 0.801. The van der Waals surface area contributed by atoms with E-state index >= 15 is 0 Å². The van der Waals surface area contributed by atoms with Gasteiger partial charge in [0.05, 0.1) is 4.34 Å². The molecule has 1 heterocycles. The van der Waals surface area contributed by atoms with Gasteiger partial charge in [0.1, 0.15) is 0 Å². The topological polar surface area (TPSA) is 41.1 Å². The summed E-state index contributed by atoms with van der Waals surface area (Å²) in [5.74, 6) is 0.378. The van der Waals surface area contributed by atoms with Gasteiger partial charge in [-0.15, -0.1) is 23.7 Å². The van der Waals surface area contributed by atoms with E-state index in [0.29, 0.717) is 0 Å². The average Bonchev–Trinajstić information content (AvgIpc) is 3.23. The van der Waals surface area contributed by atoms with Crippen LogP contribution in [0.5, 0.6) is 0 Å². The molecule has 0 radical (unpaired) electrons. The molecule has 118 valence electrons. The largest absolute Gasteiger partial charge is 0.326 e. The Kier molecular flexibility index (Phi) is 6.26. The van der Waals surface area contributed by atoms with Gasteiger partial charge in [-0.1, -0.05) is 23.7 Å². The first-order valence-electron chi connectivity index (χ1n) is 7.05. The highest BCUT2D eigenvalue weighted by Crippen LogP contribution is 2.30. The molecule has 0 saturated heterocycles. The Bertz CT molecular complexity index is 641. The summed E-state index contributed by atoms with van der Waals surface area (Å²) < 4.78 is 0.816. The Labute approximate surface area is 145 Å². The number of anilines is 1. The second kappa shape index (κ2) is 7.97. The molecule has 0 unspecified atom stereocenters. The summed E-state index contributed by atoms with van der Waals surface area (Å²) in [7, 11) is 0. The Hall–Kier alpha value is -1.07. The molecular formula is C16H18Cl2N2OS. The molecule has 1 aliphatic rings. The van der Waals surface area contributed by atoms with Crippen molar-refractivity contribution < 1.29 is 4.79 Å². The molecule has 2 aromatic rings. The summed E-state index contributed by atoms with van der Waals surface area (Å²) in [5, 5.41) is 6.36. The molecule has 6 heteroatoms. The minimum atomic E-state index is 0. The number of hydrogen-bond donors (Lipinski definition) is 2. The summed E-state index contributed by atoms with van der Waals surface area (Å²) >= 11 is 7.50. The van der Waals surface area contributed by atoms with Crippen LogP contribution in [-0.2, 0) is 17.9 Å². The minimum absolute atomic E-state index is 0. The van der Waals surface area contributed by atoms with Gasteiger partial charge in [-0.3, -0.25) is 4.79 Å². The van der Waals surface area contributed by atoms with Crippen LogP contribution in [-0.4, -0.2) is 5.91 Å². The normalized spacial score (nSPS) is 13.5. The number of hydrogen-bond acceptors (Lipinski definition) is 3. The van der Waals surface area contributed by atoms with E-state index in [1.807, 2.05) is 30.3 Å². The lowest BCUT2D eigenvalue weighted by atomic mass is 10.2. The first-order valence-corrected chi connectivity index (χ1v) is 8.25. The third-order valence-electron chi connectivity index (χ3n) is 3.40. The van der Waals surface area contributed by atoms with Crippen molar-refractivity contribution in [2.24, 2.45) is 5.92 Å². The Balaban J connectivity index is 0.00000176. The van der Waals surface area contributed by atoms with Crippen LogP contribution in [0.2, 0.25) is 4.34 Å². The van der Waals surface area contributed by atoms with Crippen LogP contribution in [0.25, 0.3) is 0 Å². The van der Waals surface area contributed by atoms with Gasteiger partial charge < -0.3 is 10.6 Å². The van der Waals surface area contributed by atoms with E-state index in [4.69, 9.17) is 11.6 Å². The molecule has 22 heavy (non-hydrogen) atoms. The van der Waals surface area contributed by atoms with Crippen LogP contribution in [0.4, 0.5) is 5.69 Å². The lowest BCUT2D eigenvalue weighted by Crippen LogP contribution is -2.14. The van der Waals surface area contributed by atoms with Crippen LogP contribution in [0.1, 0.15) is 23.3 Å². The zero-order valence-corrected chi connectivity index (χ0v) is 14.4. The molecule has 3 rings (SSSR count). The monoisotopic (exact) mass is 356 g/mol. The van der Waals surface area contributed by atoms with Crippen molar-refractivity contribution >= 4 is 46.9 Å². The van der Waals surface area contributed by atoms with Gasteiger partial charge in [-0.25, -0.2) is 0 Å². The second-order valence-electron chi connectivity index (χ2n) is 5.27. The maximum absolute atomic E-state index is 11.7. The zero-order chi connectivity index (χ0) is 14.7. The van der Waals surface area contributed by atoms with Crippen molar-refractivity contribution in [1.82, 2.24) is 5.32 Å². The fraction of sp³-hybridized carbons (Fsp3) is 0.312. The van der Waals surface area contributed by atoms with E-state index in [1.54, 1.807) is 11.3 Å². The van der Waals surface area contributed by atoms with Crippen molar-refractivity contribution in [3.63, 3.8) is 0 Å². The zero-order valence-electron chi connectivity index (χ0n) is 12.0. The maximum Gasteiger partial charge on any atom is 0.227 e. The van der Waals surface area contributed by atoms with E-state index < -0.39 is 0 Å². The maximum atomic E-state index is 11.7. The van der Waals surface area contributed by atoms with E-state index in [9.17, 15) is 4.79 Å².